The van der Waals surface area contributed by atoms with Crippen molar-refractivity contribution in [3.63, 3.8) is 0 Å². The summed E-state index contributed by atoms with van der Waals surface area (Å²) in [5.41, 5.74) is 2.54. The highest BCUT2D eigenvalue weighted by Gasteiger charge is 2.07. The van der Waals surface area contributed by atoms with E-state index in [9.17, 15) is 0 Å². The molecule has 0 radical (unpaired) electrons. The molecule has 1 rings (SSSR count). The lowest BCUT2D eigenvalue weighted by molar-refractivity contribution is 0.207. The van der Waals surface area contributed by atoms with E-state index in [4.69, 9.17) is 4.74 Å². The molecule has 0 fully saturated rings. The van der Waals surface area contributed by atoms with Gasteiger partial charge in [0.15, 0.2) is 0 Å². The SMILES string of the molecule is CCCC(C)Oc1ccc(C)cc1CNCC. The van der Waals surface area contributed by atoms with E-state index in [1.54, 1.807) is 0 Å². The second-order valence-electron chi connectivity index (χ2n) is 4.61. The lowest BCUT2D eigenvalue weighted by Crippen LogP contribution is -2.16. The van der Waals surface area contributed by atoms with Crippen LogP contribution in [-0.2, 0) is 6.54 Å². The molecule has 2 nitrogen and oxygen atoms in total. The van der Waals surface area contributed by atoms with Gasteiger partial charge >= 0.3 is 0 Å². The third kappa shape index (κ3) is 4.78. The first-order valence-corrected chi connectivity index (χ1v) is 6.64. The summed E-state index contributed by atoms with van der Waals surface area (Å²) in [5.74, 6) is 1.03. The predicted octanol–water partition coefficient (Wildman–Crippen LogP) is 3.67. The average molecular weight is 235 g/mol. The fourth-order valence-electron chi connectivity index (χ4n) is 1.90. The molecule has 0 aromatic heterocycles. The van der Waals surface area contributed by atoms with Crippen LogP contribution in [0.3, 0.4) is 0 Å². The van der Waals surface area contributed by atoms with Crippen molar-refractivity contribution in [2.75, 3.05) is 6.54 Å². The topological polar surface area (TPSA) is 21.3 Å². The fourth-order valence-corrected chi connectivity index (χ4v) is 1.90. The van der Waals surface area contributed by atoms with E-state index in [-0.39, 0.29) is 0 Å². The first-order valence-electron chi connectivity index (χ1n) is 6.64. The third-order valence-corrected chi connectivity index (χ3v) is 2.80. The van der Waals surface area contributed by atoms with E-state index >= 15 is 0 Å². The highest BCUT2D eigenvalue weighted by molar-refractivity contribution is 5.37. The van der Waals surface area contributed by atoms with E-state index < -0.39 is 0 Å². The van der Waals surface area contributed by atoms with E-state index in [1.165, 1.54) is 11.1 Å². The van der Waals surface area contributed by atoms with E-state index in [1.807, 2.05) is 0 Å². The fraction of sp³-hybridized carbons (Fsp3) is 0.600. The molecule has 17 heavy (non-hydrogen) atoms. The van der Waals surface area contributed by atoms with Crippen LogP contribution in [0.15, 0.2) is 18.2 Å². The Bertz CT molecular complexity index is 336. The Morgan fingerprint density at radius 1 is 1.29 bits per heavy atom. The molecule has 0 aliphatic heterocycles. The highest BCUT2D eigenvalue weighted by Crippen LogP contribution is 2.22. The number of nitrogens with one attached hydrogen (secondary N) is 1. The van der Waals surface area contributed by atoms with Gasteiger partial charge in [-0.3, -0.25) is 0 Å². The number of ether oxygens (including phenoxy) is 1. The summed E-state index contributed by atoms with van der Waals surface area (Å²) in [4.78, 5) is 0. The zero-order valence-corrected chi connectivity index (χ0v) is 11.5. The Hall–Kier alpha value is -1.02. The Labute approximate surface area is 105 Å². The summed E-state index contributed by atoms with van der Waals surface area (Å²) in [6.07, 6.45) is 2.56. The van der Waals surface area contributed by atoms with Crippen LogP contribution in [0.1, 0.15) is 44.7 Å². The second kappa shape index (κ2) is 7.33. The smallest absolute Gasteiger partial charge is 0.124 e. The molecule has 0 aliphatic rings. The van der Waals surface area contributed by atoms with Gasteiger partial charge in [-0.25, -0.2) is 0 Å². The van der Waals surface area contributed by atoms with Crippen molar-refractivity contribution in [3.8, 4) is 5.75 Å². The molecular weight excluding hydrogens is 210 g/mol. The normalized spacial score (nSPS) is 12.5. The van der Waals surface area contributed by atoms with Gasteiger partial charge in [-0.05, 0) is 32.9 Å². The molecule has 0 amide bonds. The van der Waals surface area contributed by atoms with Crippen molar-refractivity contribution < 1.29 is 4.74 Å². The molecule has 1 N–H and O–H groups in total. The van der Waals surface area contributed by atoms with Crippen LogP contribution >= 0.6 is 0 Å². The zero-order chi connectivity index (χ0) is 12.7. The van der Waals surface area contributed by atoms with Gasteiger partial charge in [0, 0.05) is 12.1 Å². The first kappa shape index (κ1) is 14.0. The first-order chi connectivity index (χ1) is 8.17. The van der Waals surface area contributed by atoms with Crippen molar-refractivity contribution in [2.24, 2.45) is 0 Å². The van der Waals surface area contributed by atoms with E-state index in [0.29, 0.717) is 6.10 Å². The molecule has 0 spiro atoms. The molecule has 0 saturated heterocycles. The van der Waals surface area contributed by atoms with E-state index in [2.05, 4.69) is 51.2 Å². The van der Waals surface area contributed by atoms with Gasteiger partial charge in [0.25, 0.3) is 0 Å². The van der Waals surface area contributed by atoms with Gasteiger partial charge in [-0.15, -0.1) is 0 Å². The van der Waals surface area contributed by atoms with Crippen LogP contribution in [0, 0.1) is 6.92 Å². The van der Waals surface area contributed by atoms with Crippen molar-refractivity contribution in [2.45, 2.75) is 53.2 Å². The summed E-state index contributed by atoms with van der Waals surface area (Å²) in [5, 5.41) is 3.36. The molecule has 0 bridgehead atoms. The van der Waals surface area contributed by atoms with Crippen molar-refractivity contribution in [1.82, 2.24) is 5.32 Å². The second-order valence-corrected chi connectivity index (χ2v) is 4.61. The van der Waals surface area contributed by atoms with Crippen LogP contribution in [0.2, 0.25) is 0 Å². The van der Waals surface area contributed by atoms with Crippen LogP contribution in [-0.4, -0.2) is 12.6 Å². The maximum Gasteiger partial charge on any atom is 0.124 e. The Morgan fingerprint density at radius 2 is 2.06 bits per heavy atom. The van der Waals surface area contributed by atoms with E-state index in [0.717, 1.165) is 31.7 Å². The van der Waals surface area contributed by atoms with Crippen LogP contribution in [0.25, 0.3) is 0 Å². The monoisotopic (exact) mass is 235 g/mol. The summed E-state index contributed by atoms with van der Waals surface area (Å²) in [6, 6.07) is 6.41. The summed E-state index contributed by atoms with van der Waals surface area (Å²) in [6.45, 7) is 10.4. The van der Waals surface area contributed by atoms with Gasteiger partial charge < -0.3 is 10.1 Å². The van der Waals surface area contributed by atoms with Gasteiger partial charge in [0.2, 0.25) is 0 Å². The summed E-state index contributed by atoms with van der Waals surface area (Å²) in [7, 11) is 0. The largest absolute Gasteiger partial charge is 0.490 e. The molecular formula is C15H25NO. The van der Waals surface area contributed by atoms with Gasteiger partial charge in [0.05, 0.1) is 6.10 Å². The number of benzene rings is 1. The summed E-state index contributed by atoms with van der Waals surface area (Å²) < 4.78 is 6.00. The maximum atomic E-state index is 6.00. The number of hydrogen-bond acceptors (Lipinski definition) is 2. The van der Waals surface area contributed by atoms with Gasteiger partial charge in [-0.2, -0.15) is 0 Å². The molecule has 0 heterocycles. The average Bonchev–Trinajstić information content (AvgIpc) is 2.30. The Kier molecular flexibility index (Phi) is 6.06. The van der Waals surface area contributed by atoms with Crippen molar-refractivity contribution in [1.29, 1.82) is 0 Å². The molecule has 1 unspecified atom stereocenters. The van der Waals surface area contributed by atoms with Crippen LogP contribution in [0.5, 0.6) is 5.75 Å². The molecule has 0 aliphatic carbocycles. The Morgan fingerprint density at radius 3 is 2.71 bits per heavy atom. The molecule has 1 atom stereocenters. The highest BCUT2D eigenvalue weighted by atomic mass is 16.5. The van der Waals surface area contributed by atoms with Crippen LogP contribution < -0.4 is 10.1 Å². The third-order valence-electron chi connectivity index (χ3n) is 2.80. The minimum Gasteiger partial charge on any atom is -0.490 e. The number of aryl methyl sites for hydroxylation is 1. The lowest BCUT2D eigenvalue weighted by atomic mass is 10.1. The van der Waals surface area contributed by atoms with Crippen molar-refractivity contribution >= 4 is 0 Å². The molecule has 1 aromatic carbocycles. The van der Waals surface area contributed by atoms with Gasteiger partial charge in [-0.1, -0.05) is 38.0 Å². The minimum atomic E-state index is 0.295. The van der Waals surface area contributed by atoms with Crippen LogP contribution in [0.4, 0.5) is 0 Å². The molecule has 0 saturated carbocycles. The maximum absolute atomic E-state index is 6.00. The number of hydrogen-bond donors (Lipinski definition) is 1. The lowest BCUT2D eigenvalue weighted by Gasteiger charge is -2.17. The molecule has 96 valence electrons. The zero-order valence-electron chi connectivity index (χ0n) is 11.5. The summed E-state index contributed by atoms with van der Waals surface area (Å²) >= 11 is 0. The predicted molar refractivity (Wildman–Crippen MR) is 73.6 cm³/mol. The van der Waals surface area contributed by atoms with Gasteiger partial charge in [0.1, 0.15) is 5.75 Å². The van der Waals surface area contributed by atoms with Crippen molar-refractivity contribution in [3.05, 3.63) is 29.3 Å². The number of rotatable bonds is 7. The molecule has 2 heteroatoms. The standard InChI is InChI=1S/C15H25NO/c1-5-7-13(4)17-15-9-8-12(3)10-14(15)11-16-6-2/h8-10,13,16H,5-7,11H2,1-4H3. The molecule has 1 aromatic rings. The minimum absolute atomic E-state index is 0.295. The quantitative estimate of drug-likeness (QED) is 0.778. The Balaban J connectivity index is 2.74.